The SMILES string of the molecule is CC(C)CC(NC(N)=O)C(=O)N1CSC[C@H]1C(=O)O. The third-order valence-corrected chi connectivity index (χ3v) is 3.78. The van der Waals surface area contributed by atoms with E-state index in [2.05, 4.69) is 5.32 Å². The number of carboxylic acids is 1. The summed E-state index contributed by atoms with van der Waals surface area (Å²) < 4.78 is 0. The van der Waals surface area contributed by atoms with Crippen LogP contribution in [0.5, 0.6) is 0 Å². The van der Waals surface area contributed by atoms with Crippen LogP contribution in [-0.4, -0.2) is 51.6 Å². The fraction of sp³-hybridized carbons (Fsp3) is 0.727. The minimum atomic E-state index is -1.03. The van der Waals surface area contributed by atoms with Crippen LogP contribution in [0.25, 0.3) is 0 Å². The number of hydrogen-bond donors (Lipinski definition) is 3. The molecule has 8 heteroatoms. The molecule has 1 fully saturated rings. The molecule has 4 N–H and O–H groups in total. The molecule has 1 heterocycles. The first-order valence-corrected chi connectivity index (χ1v) is 7.15. The number of primary amides is 1. The van der Waals surface area contributed by atoms with Gasteiger partial charge in [0.05, 0.1) is 5.88 Å². The summed E-state index contributed by atoms with van der Waals surface area (Å²) in [6.07, 6.45) is 0.426. The highest BCUT2D eigenvalue weighted by atomic mass is 32.2. The maximum Gasteiger partial charge on any atom is 0.327 e. The lowest BCUT2D eigenvalue weighted by Gasteiger charge is -2.27. The lowest BCUT2D eigenvalue weighted by atomic mass is 10.0. The van der Waals surface area contributed by atoms with Gasteiger partial charge in [-0.2, -0.15) is 0 Å². The Balaban J connectivity index is 2.79. The summed E-state index contributed by atoms with van der Waals surface area (Å²) in [5.41, 5.74) is 5.06. The minimum Gasteiger partial charge on any atom is -0.480 e. The van der Waals surface area contributed by atoms with Gasteiger partial charge >= 0.3 is 12.0 Å². The zero-order chi connectivity index (χ0) is 14.6. The van der Waals surface area contributed by atoms with Gasteiger partial charge in [-0.25, -0.2) is 9.59 Å². The Bertz CT molecular complexity index is 375. The molecule has 1 saturated heterocycles. The van der Waals surface area contributed by atoms with Gasteiger partial charge in [-0.3, -0.25) is 4.79 Å². The van der Waals surface area contributed by atoms with Crippen molar-refractivity contribution in [2.45, 2.75) is 32.4 Å². The zero-order valence-electron chi connectivity index (χ0n) is 11.0. The number of hydrogen-bond acceptors (Lipinski definition) is 4. The van der Waals surface area contributed by atoms with E-state index in [1.165, 1.54) is 16.7 Å². The molecule has 1 rings (SSSR count). The molecule has 0 aromatic carbocycles. The van der Waals surface area contributed by atoms with E-state index in [1.54, 1.807) is 0 Å². The van der Waals surface area contributed by atoms with E-state index >= 15 is 0 Å². The molecule has 0 aromatic rings. The Labute approximate surface area is 115 Å². The molecule has 0 saturated carbocycles. The van der Waals surface area contributed by atoms with Crippen LogP contribution in [0.3, 0.4) is 0 Å². The maximum atomic E-state index is 12.3. The van der Waals surface area contributed by atoms with E-state index in [4.69, 9.17) is 10.8 Å². The Hall–Kier alpha value is -1.44. The monoisotopic (exact) mass is 289 g/mol. The number of nitrogens with zero attached hydrogens (tertiary/aromatic N) is 1. The standard InChI is InChI=1S/C11H19N3O4S/c1-6(2)3-7(13-11(12)18)9(15)14-5-19-4-8(14)10(16)17/h6-8H,3-5H2,1-2H3,(H,16,17)(H3,12,13,18)/t7?,8-/m0/s1. The number of carbonyl (C=O) groups is 3. The van der Waals surface area contributed by atoms with E-state index in [0.717, 1.165) is 0 Å². The summed E-state index contributed by atoms with van der Waals surface area (Å²) >= 11 is 1.38. The fourth-order valence-corrected chi connectivity index (χ4v) is 3.08. The van der Waals surface area contributed by atoms with E-state index in [-0.39, 0.29) is 11.8 Å². The Kier molecular flexibility index (Phi) is 5.46. The molecular formula is C11H19N3O4S. The number of thioether (sulfide) groups is 1. The smallest absolute Gasteiger partial charge is 0.327 e. The van der Waals surface area contributed by atoms with E-state index in [0.29, 0.717) is 18.1 Å². The summed E-state index contributed by atoms with van der Waals surface area (Å²) in [5.74, 6) is -0.540. The predicted octanol–water partition coefficient (Wildman–Crippen LogP) is 0.0555. The largest absolute Gasteiger partial charge is 0.480 e. The van der Waals surface area contributed by atoms with E-state index < -0.39 is 24.1 Å². The molecule has 2 atom stereocenters. The number of urea groups is 1. The number of nitrogens with two attached hydrogens (primary N) is 1. The van der Waals surface area contributed by atoms with Crippen molar-refractivity contribution < 1.29 is 19.5 Å². The Morgan fingerprint density at radius 2 is 2.11 bits per heavy atom. The number of carboxylic acid groups (broad SMARTS) is 1. The minimum absolute atomic E-state index is 0.180. The summed E-state index contributed by atoms with van der Waals surface area (Å²) in [6.45, 7) is 3.83. The highest BCUT2D eigenvalue weighted by Crippen LogP contribution is 2.23. The van der Waals surface area contributed by atoms with Crippen molar-refractivity contribution in [2.24, 2.45) is 11.7 Å². The first-order chi connectivity index (χ1) is 8.82. The third kappa shape index (κ3) is 4.30. The van der Waals surface area contributed by atoms with Gasteiger partial charge in [0, 0.05) is 5.75 Å². The molecule has 3 amide bonds. The fourth-order valence-electron chi connectivity index (χ4n) is 1.93. The second-order valence-electron chi connectivity index (χ2n) is 4.85. The highest BCUT2D eigenvalue weighted by Gasteiger charge is 2.38. The summed E-state index contributed by atoms with van der Waals surface area (Å²) in [6, 6.07) is -2.38. The van der Waals surface area contributed by atoms with E-state index in [9.17, 15) is 14.4 Å². The summed E-state index contributed by atoms with van der Waals surface area (Å²) in [4.78, 5) is 35.6. The molecule has 1 unspecified atom stereocenters. The van der Waals surface area contributed by atoms with Crippen LogP contribution in [0.4, 0.5) is 4.79 Å². The molecule has 0 aromatic heterocycles. The summed E-state index contributed by atoms with van der Waals surface area (Å²) in [5, 5.41) is 11.5. The van der Waals surface area contributed by atoms with Crippen LogP contribution in [0.1, 0.15) is 20.3 Å². The number of amides is 3. The Morgan fingerprint density at radius 1 is 1.47 bits per heavy atom. The van der Waals surface area contributed by atoms with Gasteiger partial charge in [0.25, 0.3) is 0 Å². The molecule has 1 aliphatic heterocycles. The van der Waals surface area contributed by atoms with Crippen molar-refractivity contribution in [1.82, 2.24) is 10.2 Å². The van der Waals surface area contributed by atoms with E-state index in [1.807, 2.05) is 13.8 Å². The molecule has 1 aliphatic rings. The second kappa shape index (κ2) is 6.65. The molecule has 0 radical (unpaired) electrons. The predicted molar refractivity (Wildman–Crippen MR) is 71.6 cm³/mol. The van der Waals surface area contributed by atoms with Crippen molar-refractivity contribution >= 4 is 29.7 Å². The van der Waals surface area contributed by atoms with Gasteiger partial charge in [-0.1, -0.05) is 13.8 Å². The molecule has 0 spiro atoms. The lowest BCUT2D eigenvalue weighted by Crippen LogP contribution is -2.53. The number of rotatable bonds is 5. The number of carbonyl (C=O) groups excluding carboxylic acids is 2. The van der Waals surface area contributed by atoms with Gasteiger partial charge in [0.1, 0.15) is 12.1 Å². The average Bonchev–Trinajstić information content (AvgIpc) is 2.74. The van der Waals surface area contributed by atoms with Gasteiger partial charge in [-0.15, -0.1) is 11.8 Å². The summed E-state index contributed by atoms with van der Waals surface area (Å²) in [7, 11) is 0. The van der Waals surface area contributed by atoms with Gasteiger partial charge in [0.15, 0.2) is 0 Å². The molecule has 0 bridgehead atoms. The molecule has 108 valence electrons. The average molecular weight is 289 g/mol. The number of nitrogens with one attached hydrogen (secondary N) is 1. The van der Waals surface area contributed by atoms with Crippen LogP contribution >= 0.6 is 11.8 Å². The highest BCUT2D eigenvalue weighted by molar-refractivity contribution is 7.99. The maximum absolute atomic E-state index is 12.3. The molecule has 19 heavy (non-hydrogen) atoms. The van der Waals surface area contributed by atoms with Crippen molar-refractivity contribution in [3.05, 3.63) is 0 Å². The van der Waals surface area contributed by atoms with Gasteiger partial charge in [0.2, 0.25) is 5.91 Å². The van der Waals surface area contributed by atoms with Crippen molar-refractivity contribution in [3.63, 3.8) is 0 Å². The van der Waals surface area contributed by atoms with Gasteiger partial charge < -0.3 is 21.1 Å². The number of aliphatic carboxylic acids is 1. The van der Waals surface area contributed by atoms with Crippen molar-refractivity contribution in [1.29, 1.82) is 0 Å². The first kappa shape index (κ1) is 15.6. The van der Waals surface area contributed by atoms with Crippen LogP contribution in [0, 0.1) is 5.92 Å². The lowest BCUT2D eigenvalue weighted by molar-refractivity contribution is -0.148. The quantitative estimate of drug-likeness (QED) is 0.662. The van der Waals surface area contributed by atoms with Crippen molar-refractivity contribution in [2.75, 3.05) is 11.6 Å². The normalized spacial score (nSPS) is 20.4. The van der Waals surface area contributed by atoms with Crippen LogP contribution in [0.2, 0.25) is 0 Å². The van der Waals surface area contributed by atoms with Crippen LogP contribution < -0.4 is 11.1 Å². The zero-order valence-corrected chi connectivity index (χ0v) is 11.8. The third-order valence-electron chi connectivity index (χ3n) is 2.77. The Morgan fingerprint density at radius 3 is 2.58 bits per heavy atom. The van der Waals surface area contributed by atoms with Crippen LogP contribution in [0.15, 0.2) is 0 Å². The second-order valence-corrected chi connectivity index (χ2v) is 5.85. The first-order valence-electron chi connectivity index (χ1n) is 6.00. The van der Waals surface area contributed by atoms with Gasteiger partial charge in [-0.05, 0) is 12.3 Å². The topological polar surface area (TPSA) is 113 Å². The molecule has 7 nitrogen and oxygen atoms in total. The van der Waals surface area contributed by atoms with Crippen molar-refractivity contribution in [3.8, 4) is 0 Å². The van der Waals surface area contributed by atoms with Crippen LogP contribution in [-0.2, 0) is 9.59 Å². The molecule has 0 aliphatic carbocycles. The molecular weight excluding hydrogens is 270 g/mol.